The predicted octanol–water partition coefficient (Wildman–Crippen LogP) is 4.97. The minimum atomic E-state index is -0.973. The van der Waals surface area contributed by atoms with Gasteiger partial charge in [0.2, 0.25) is 0 Å². The first kappa shape index (κ1) is 21.5. The van der Waals surface area contributed by atoms with E-state index in [-0.39, 0.29) is 16.5 Å². The van der Waals surface area contributed by atoms with Crippen LogP contribution in [0.25, 0.3) is 0 Å². The lowest BCUT2D eigenvalue weighted by atomic mass is 9.88. The van der Waals surface area contributed by atoms with Crippen molar-refractivity contribution in [3.63, 3.8) is 0 Å². The van der Waals surface area contributed by atoms with Crippen LogP contribution in [0.1, 0.15) is 33.8 Å². The van der Waals surface area contributed by atoms with Crippen molar-refractivity contribution >= 4 is 23.5 Å². The summed E-state index contributed by atoms with van der Waals surface area (Å²) in [4.78, 5) is 24.1. The number of rotatable bonds is 8. The van der Waals surface area contributed by atoms with Gasteiger partial charge in [-0.05, 0) is 29.7 Å². The summed E-state index contributed by atoms with van der Waals surface area (Å²) in [5.41, 5.74) is 1.93. The molecule has 0 fully saturated rings. The average molecular weight is 426 g/mol. The molecule has 3 aromatic carbocycles. The van der Waals surface area contributed by atoms with E-state index in [2.05, 4.69) is 29.6 Å². The van der Waals surface area contributed by atoms with E-state index >= 15 is 0 Å². The molecule has 0 aliphatic rings. The number of hydrogen-bond acceptors (Lipinski definition) is 3. The van der Waals surface area contributed by atoms with Gasteiger partial charge in [0.15, 0.2) is 6.61 Å². The summed E-state index contributed by atoms with van der Waals surface area (Å²) in [7, 11) is 0. The molecule has 0 heterocycles. The van der Waals surface area contributed by atoms with E-state index in [0.717, 1.165) is 17.2 Å². The number of nitrogens with one attached hydrogen (secondary N) is 1. The number of ether oxygens (including phenoxy) is 1. The maximum absolute atomic E-state index is 13.8. The summed E-state index contributed by atoms with van der Waals surface area (Å²) in [6, 6.07) is 24.0. The second-order valence-corrected chi connectivity index (χ2v) is 7.09. The van der Waals surface area contributed by atoms with Gasteiger partial charge in [0.1, 0.15) is 11.4 Å². The van der Waals surface area contributed by atoms with Crippen molar-refractivity contribution in [1.29, 1.82) is 0 Å². The molecule has 3 aromatic rings. The van der Waals surface area contributed by atoms with E-state index in [1.165, 1.54) is 12.1 Å². The number of benzene rings is 3. The molecule has 0 bridgehead atoms. The van der Waals surface area contributed by atoms with Gasteiger partial charge in [-0.25, -0.2) is 9.18 Å². The standard InChI is InChI=1S/C24H21ClFNO3/c25-20-12-7-13-21(26)23(20)24(29)30-16-22(28)27-15-14-19(17-8-3-1-4-9-17)18-10-5-2-6-11-18/h1-13,19H,14-16H2,(H,27,28). The molecule has 0 saturated carbocycles. The molecule has 0 radical (unpaired) electrons. The summed E-state index contributed by atoms with van der Waals surface area (Å²) in [6.45, 7) is -0.115. The van der Waals surface area contributed by atoms with Crippen molar-refractivity contribution in [3.05, 3.63) is 106 Å². The second kappa shape index (κ2) is 10.6. The molecule has 154 valence electrons. The van der Waals surface area contributed by atoms with Crippen molar-refractivity contribution in [2.75, 3.05) is 13.2 Å². The van der Waals surface area contributed by atoms with Crippen LogP contribution >= 0.6 is 11.6 Å². The number of carbonyl (C=O) groups excluding carboxylic acids is 2. The lowest BCUT2D eigenvalue weighted by Gasteiger charge is -2.18. The Hall–Kier alpha value is -3.18. The Labute approximate surface area is 179 Å². The SMILES string of the molecule is O=C(COC(=O)c1c(F)cccc1Cl)NCCC(c1ccccc1)c1ccccc1. The molecule has 3 rings (SSSR count). The van der Waals surface area contributed by atoms with Crippen LogP contribution in [0, 0.1) is 5.82 Å². The van der Waals surface area contributed by atoms with Crippen molar-refractivity contribution in [2.24, 2.45) is 0 Å². The van der Waals surface area contributed by atoms with Gasteiger partial charge in [-0.2, -0.15) is 0 Å². The number of carbonyl (C=O) groups is 2. The first-order valence-electron chi connectivity index (χ1n) is 9.54. The molecule has 0 aliphatic heterocycles. The van der Waals surface area contributed by atoms with Crippen molar-refractivity contribution in [3.8, 4) is 0 Å². The summed E-state index contributed by atoms with van der Waals surface area (Å²) in [5, 5.41) is 2.68. The quantitative estimate of drug-likeness (QED) is 0.518. The third kappa shape index (κ3) is 5.67. The van der Waals surface area contributed by atoms with Crippen LogP contribution in [0.5, 0.6) is 0 Å². The van der Waals surface area contributed by atoms with Crippen molar-refractivity contribution in [2.45, 2.75) is 12.3 Å². The Balaban J connectivity index is 1.54. The first-order valence-corrected chi connectivity index (χ1v) is 9.92. The first-order chi connectivity index (χ1) is 14.6. The highest BCUT2D eigenvalue weighted by Gasteiger charge is 2.19. The Kier molecular flexibility index (Phi) is 7.57. The predicted molar refractivity (Wildman–Crippen MR) is 114 cm³/mol. The van der Waals surface area contributed by atoms with E-state index in [4.69, 9.17) is 16.3 Å². The van der Waals surface area contributed by atoms with Crippen LogP contribution in [0.3, 0.4) is 0 Å². The van der Waals surface area contributed by atoms with Crippen molar-refractivity contribution < 1.29 is 18.7 Å². The van der Waals surface area contributed by atoms with Crippen LogP contribution in [-0.4, -0.2) is 25.0 Å². The lowest BCUT2D eigenvalue weighted by Crippen LogP contribution is -2.30. The average Bonchev–Trinajstić information content (AvgIpc) is 2.76. The Bertz CT molecular complexity index is 936. The van der Waals surface area contributed by atoms with Crippen LogP contribution in [-0.2, 0) is 9.53 Å². The van der Waals surface area contributed by atoms with E-state index in [1.54, 1.807) is 0 Å². The van der Waals surface area contributed by atoms with Crippen LogP contribution in [0.4, 0.5) is 4.39 Å². The van der Waals surface area contributed by atoms with Gasteiger partial charge in [0.25, 0.3) is 5.91 Å². The summed E-state index contributed by atoms with van der Waals surface area (Å²) < 4.78 is 18.7. The fourth-order valence-corrected chi connectivity index (χ4v) is 3.44. The zero-order chi connectivity index (χ0) is 21.3. The fraction of sp³-hybridized carbons (Fsp3) is 0.167. The molecule has 1 amide bonds. The lowest BCUT2D eigenvalue weighted by molar-refractivity contribution is -0.124. The molecular formula is C24H21ClFNO3. The van der Waals surface area contributed by atoms with Gasteiger partial charge in [0.05, 0.1) is 5.02 Å². The second-order valence-electron chi connectivity index (χ2n) is 6.69. The van der Waals surface area contributed by atoms with Crippen LogP contribution in [0.2, 0.25) is 5.02 Å². The molecule has 30 heavy (non-hydrogen) atoms. The minimum Gasteiger partial charge on any atom is -0.452 e. The molecule has 6 heteroatoms. The van der Waals surface area contributed by atoms with E-state index in [1.807, 2.05) is 36.4 Å². The Morgan fingerprint density at radius 2 is 1.50 bits per heavy atom. The number of esters is 1. The summed E-state index contributed by atoms with van der Waals surface area (Å²) in [5.74, 6) is -2.11. The number of halogens is 2. The van der Waals surface area contributed by atoms with Gasteiger partial charge in [-0.15, -0.1) is 0 Å². The van der Waals surface area contributed by atoms with E-state index in [0.29, 0.717) is 13.0 Å². The number of hydrogen-bond donors (Lipinski definition) is 1. The molecule has 4 nitrogen and oxygen atoms in total. The van der Waals surface area contributed by atoms with Crippen molar-refractivity contribution in [1.82, 2.24) is 5.32 Å². The molecule has 0 aromatic heterocycles. The monoisotopic (exact) mass is 425 g/mol. The topological polar surface area (TPSA) is 55.4 Å². The van der Waals surface area contributed by atoms with Crippen LogP contribution in [0.15, 0.2) is 78.9 Å². The van der Waals surface area contributed by atoms with Gasteiger partial charge < -0.3 is 10.1 Å². The maximum atomic E-state index is 13.8. The van der Waals surface area contributed by atoms with Gasteiger partial charge in [0, 0.05) is 12.5 Å². The highest BCUT2D eigenvalue weighted by Crippen LogP contribution is 2.27. The number of amides is 1. The van der Waals surface area contributed by atoms with Gasteiger partial charge in [-0.3, -0.25) is 4.79 Å². The molecular weight excluding hydrogens is 405 g/mol. The molecule has 0 atom stereocenters. The van der Waals surface area contributed by atoms with Crippen LogP contribution < -0.4 is 5.32 Å². The maximum Gasteiger partial charge on any atom is 0.343 e. The zero-order valence-electron chi connectivity index (χ0n) is 16.2. The third-order valence-corrected chi connectivity index (χ3v) is 4.98. The highest BCUT2D eigenvalue weighted by molar-refractivity contribution is 6.33. The smallest absolute Gasteiger partial charge is 0.343 e. The molecule has 0 spiro atoms. The van der Waals surface area contributed by atoms with E-state index < -0.39 is 24.3 Å². The Morgan fingerprint density at radius 1 is 0.900 bits per heavy atom. The van der Waals surface area contributed by atoms with Gasteiger partial charge in [-0.1, -0.05) is 78.3 Å². The Morgan fingerprint density at radius 3 is 2.07 bits per heavy atom. The molecule has 0 saturated heterocycles. The molecule has 0 aliphatic carbocycles. The highest BCUT2D eigenvalue weighted by atomic mass is 35.5. The third-order valence-electron chi connectivity index (χ3n) is 4.66. The molecule has 0 unspecified atom stereocenters. The normalized spacial score (nSPS) is 10.6. The summed E-state index contributed by atoms with van der Waals surface area (Å²) in [6.07, 6.45) is 0.673. The van der Waals surface area contributed by atoms with Gasteiger partial charge >= 0.3 is 5.97 Å². The minimum absolute atomic E-state index is 0.0611. The van der Waals surface area contributed by atoms with E-state index in [9.17, 15) is 14.0 Å². The summed E-state index contributed by atoms with van der Waals surface area (Å²) >= 11 is 5.83. The zero-order valence-corrected chi connectivity index (χ0v) is 16.9. The largest absolute Gasteiger partial charge is 0.452 e. The fourth-order valence-electron chi connectivity index (χ4n) is 3.20. The molecule has 1 N–H and O–H groups in total.